The summed E-state index contributed by atoms with van der Waals surface area (Å²) in [6.45, 7) is 0.233. The van der Waals surface area contributed by atoms with Gasteiger partial charge in [0.25, 0.3) is 10.0 Å². The Balaban J connectivity index is 2.39. The number of rotatable bonds is 4. The summed E-state index contributed by atoms with van der Waals surface area (Å²) in [4.78, 5) is -0.0315. The zero-order chi connectivity index (χ0) is 14.0. The number of benzene rings is 1. The molecule has 0 unspecified atom stereocenters. The van der Waals surface area contributed by atoms with E-state index in [2.05, 4.69) is 4.72 Å². The molecular weight excluding hydrogens is 327 g/mol. The van der Waals surface area contributed by atoms with Crippen LogP contribution in [0.1, 0.15) is 5.56 Å². The first-order chi connectivity index (χ1) is 8.94. The van der Waals surface area contributed by atoms with E-state index < -0.39 is 10.0 Å². The molecule has 0 bridgehead atoms. The highest BCUT2D eigenvalue weighted by Gasteiger charge is 2.21. The Bertz CT molecular complexity index is 698. The average Bonchev–Trinajstić information content (AvgIpc) is 2.69. The summed E-state index contributed by atoms with van der Waals surface area (Å²) in [6, 6.07) is 8.22. The second-order valence-corrected chi connectivity index (χ2v) is 7.59. The zero-order valence-electron chi connectivity index (χ0n) is 9.56. The fourth-order valence-corrected chi connectivity index (χ4v) is 4.76. The molecule has 0 amide bonds. The molecule has 0 saturated heterocycles. The molecule has 8 heteroatoms. The van der Waals surface area contributed by atoms with Crippen LogP contribution in [0.2, 0.25) is 8.67 Å². The summed E-state index contributed by atoms with van der Waals surface area (Å²) in [5.74, 6) is 0. The first kappa shape index (κ1) is 14.6. The SMILES string of the molecule is NCc1ccccc1NS(=O)(=O)c1cc(Cl)sc1Cl. The minimum absolute atomic E-state index is 0.0315. The Morgan fingerprint density at radius 3 is 2.53 bits per heavy atom. The third-order valence-corrected chi connectivity index (χ3v) is 5.52. The molecule has 0 fully saturated rings. The smallest absolute Gasteiger partial charge is 0.264 e. The maximum atomic E-state index is 12.2. The molecule has 0 radical (unpaired) electrons. The number of halogens is 2. The second kappa shape index (κ2) is 5.68. The van der Waals surface area contributed by atoms with Gasteiger partial charge in [-0.05, 0) is 17.7 Å². The van der Waals surface area contributed by atoms with Crippen molar-refractivity contribution in [3.63, 3.8) is 0 Å². The molecule has 19 heavy (non-hydrogen) atoms. The van der Waals surface area contributed by atoms with E-state index in [1.165, 1.54) is 6.07 Å². The number of sulfonamides is 1. The van der Waals surface area contributed by atoms with Gasteiger partial charge in [0, 0.05) is 6.54 Å². The standard InChI is InChI=1S/C11H10Cl2N2O2S2/c12-10-5-9(11(13)18-10)19(16,17)15-8-4-2-1-3-7(8)6-14/h1-5,15H,6,14H2. The lowest BCUT2D eigenvalue weighted by atomic mass is 10.2. The molecular formula is C11H10Cl2N2O2S2. The van der Waals surface area contributed by atoms with Crippen LogP contribution in [-0.2, 0) is 16.6 Å². The van der Waals surface area contributed by atoms with Gasteiger partial charge in [-0.2, -0.15) is 0 Å². The summed E-state index contributed by atoms with van der Waals surface area (Å²) in [7, 11) is -3.77. The summed E-state index contributed by atoms with van der Waals surface area (Å²) in [5.41, 5.74) is 6.69. The lowest BCUT2D eigenvalue weighted by Crippen LogP contribution is -2.14. The van der Waals surface area contributed by atoms with E-state index in [0.717, 1.165) is 11.3 Å². The van der Waals surface area contributed by atoms with Crippen LogP contribution in [0.4, 0.5) is 5.69 Å². The van der Waals surface area contributed by atoms with Gasteiger partial charge in [-0.1, -0.05) is 41.4 Å². The summed E-state index contributed by atoms with van der Waals surface area (Å²) < 4.78 is 27.3. The predicted octanol–water partition coefficient (Wildman–Crippen LogP) is 3.31. The highest BCUT2D eigenvalue weighted by molar-refractivity contribution is 7.93. The minimum atomic E-state index is -3.77. The van der Waals surface area contributed by atoms with Gasteiger partial charge in [-0.3, -0.25) is 4.72 Å². The van der Waals surface area contributed by atoms with Crippen molar-refractivity contribution in [2.45, 2.75) is 11.4 Å². The largest absolute Gasteiger partial charge is 0.326 e. The van der Waals surface area contributed by atoms with Gasteiger partial charge < -0.3 is 5.73 Å². The van der Waals surface area contributed by atoms with Crippen molar-refractivity contribution < 1.29 is 8.42 Å². The van der Waals surface area contributed by atoms with Crippen molar-refractivity contribution in [1.82, 2.24) is 0 Å². The number of hydrogen-bond acceptors (Lipinski definition) is 4. The molecule has 0 aliphatic rings. The predicted molar refractivity (Wildman–Crippen MR) is 79.5 cm³/mol. The van der Waals surface area contributed by atoms with Crippen LogP contribution in [0, 0.1) is 0 Å². The Kier molecular flexibility index (Phi) is 4.37. The van der Waals surface area contributed by atoms with Crippen LogP contribution in [-0.4, -0.2) is 8.42 Å². The summed E-state index contributed by atoms with van der Waals surface area (Å²) in [6.07, 6.45) is 0. The zero-order valence-corrected chi connectivity index (χ0v) is 12.7. The molecule has 0 spiro atoms. The van der Waals surface area contributed by atoms with Gasteiger partial charge in [0.1, 0.15) is 9.23 Å². The monoisotopic (exact) mass is 336 g/mol. The van der Waals surface area contributed by atoms with Crippen LogP contribution >= 0.6 is 34.5 Å². The van der Waals surface area contributed by atoms with Crippen molar-refractivity contribution in [2.75, 3.05) is 4.72 Å². The highest BCUT2D eigenvalue weighted by Crippen LogP contribution is 2.35. The summed E-state index contributed by atoms with van der Waals surface area (Å²) >= 11 is 12.6. The molecule has 3 N–H and O–H groups in total. The minimum Gasteiger partial charge on any atom is -0.326 e. The normalized spacial score (nSPS) is 11.5. The molecule has 1 heterocycles. The van der Waals surface area contributed by atoms with Crippen molar-refractivity contribution in [3.8, 4) is 0 Å². The number of hydrogen-bond donors (Lipinski definition) is 2. The van der Waals surface area contributed by atoms with Crippen molar-refractivity contribution in [2.24, 2.45) is 5.73 Å². The molecule has 0 saturated carbocycles. The van der Waals surface area contributed by atoms with E-state index in [4.69, 9.17) is 28.9 Å². The van der Waals surface area contributed by atoms with E-state index >= 15 is 0 Å². The van der Waals surface area contributed by atoms with Crippen LogP contribution in [0.15, 0.2) is 35.2 Å². The quantitative estimate of drug-likeness (QED) is 0.899. The molecule has 0 aliphatic carbocycles. The van der Waals surface area contributed by atoms with Crippen LogP contribution in [0.25, 0.3) is 0 Å². The number of nitrogens with two attached hydrogens (primary N) is 1. The van der Waals surface area contributed by atoms with E-state index in [9.17, 15) is 8.42 Å². The number of para-hydroxylation sites is 1. The molecule has 0 atom stereocenters. The number of anilines is 1. The van der Waals surface area contributed by atoms with Crippen LogP contribution < -0.4 is 10.5 Å². The second-order valence-electron chi connectivity index (χ2n) is 3.66. The van der Waals surface area contributed by atoms with E-state index in [0.29, 0.717) is 15.6 Å². The van der Waals surface area contributed by atoms with E-state index in [1.807, 2.05) is 0 Å². The third kappa shape index (κ3) is 3.21. The first-order valence-electron chi connectivity index (χ1n) is 5.19. The number of thiophene rings is 1. The Morgan fingerprint density at radius 2 is 1.95 bits per heavy atom. The van der Waals surface area contributed by atoms with Crippen molar-refractivity contribution in [1.29, 1.82) is 0 Å². The van der Waals surface area contributed by atoms with Crippen LogP contribution in [0.3, 0.4) is 0 Å². The molecule has 2 rings (SSSR count). The molecule has 2 aromatic rings. The van der Waals surface area contributed by atoms with Gasteiger partial charge in [0.2, 0.25) is 0 Å². The first-order valence-corrected chi connectivity index (χ1v) is 8.25. The molecule has 0 aliphatic heterocycles. The van der Waals surface area contributed by atoms with Gasteiger partial charge in [0.15, 0.2) is 0 Å². The maximum absolute atomic E-state index is 12.2. The molecule has 1 aromatic carbocycles. The Morgan fingerprint density at radius 1 is 1.26 bits per heavy atom. The Hall–Kier alpha value is -0.790. The van der Waals surface area contributed by atoms with E-state index in [1.54, 1.807) is 24.3 Å². The molecule has 102 valence electrons. The van der Waals surface area contributed by atoms with Gasteiger partial charge in [-0.25, -0.2) is 8.42 Å². The maximum Gasteiger partial charge on any atom is 0.264 e. The Labute approximate surface area is 125 Å². The van der Waals surface area contributed by atoms with Crippen LogP contribution in [0.5, 0.6) is 0 Å². The number of nitrogens with one attached hydrogen (secondary N) is 1. The lowest BCUT2D eigenvalue weighted by Gasteiger charge is -2.10. The highest BCUT2D eigenvalue weighted by atomic mass is 35.5. The van der Waals surface area contributed by atoms with Gasteiger partial charge in [-0.15, -0.1) is 11.3 Å². The summed E-state index contributed by atoms with van der Waals surface area (Å²) in [5, 5.41) is 0. The van der Waals surface area contributed by atoms with Gasteiger partial charge >= 0.3 is 0 Å². The average molecular weight is 337 g/mol. The third-order valence-electron chi connectivity index (χ3n) is 2.40. The fraction of sp³-hybridized carbons (Fsp3) is 0.0909. The lowest BCUT2D eigenvalue weighted by molar-refractivity contribution is 0.601. The van der Waals surface area contributed by atoms with Crippen molar-refractivity contribution in [3.05, 3.63) is 44.6 Å². The molecule has 1 aromatic heterocycles. The van der Waals surface area contributed by atoms with Gasteiger partial charge in [0.05, 0.1) is 10.0 Å². The van der Waals surface area contributed by atoms with Crippen molar-refractivity contribution >= 4 is 50.2 Å². The molecule has 4 nitrogen and oxygen atoms in total. The topological polar surface area (TPSA) is 72.2 Å². The fourth-order valence-electron chi connectivity index (χ4n) is 1.51. The van der Waals surface area contributed by atoms with E-state index in [-0.39, 0.29) is 15.8 Å².